The molecule has 0 aliphatic heterocycles. The van der Waals surface area contributed by atoms with Crippen LogP contribution in [0.2, 0.25) is 5.02 Å². The van der Waals surface area contributed by atoms with Crippen molar-refractivity contribution >= 4 is 23.6 Å². The number of aromatic amines is 1. The molecule has 2 amide bonds. The van der Waals surface area contributed by atoms with E-state index in [2.05, 4.69) is 31.3 Å². The highest BCUT2D eigenvalue weighted by Crippen LogP contribution is 2.22. The summed E-state index contributed by atoms with van der Waals surface area (Å²) in [6, 6.07) is 4.43. The van der Waals surface area contributed by atoms with Crippen molar-refractivity contribution in [1.29, 1.82) is 0 Å². The maximum absolute atomic E-state index is 11.7. The van der Waals surface area contributed by atoms with E-state index >= 15 is 0 Å². The van der Waals surface area contributed by atoms with Gasteiger partial charge in [-0.15, -0.1) is 10.2 Å². The van der Waals surface area contributed by atoms with Crippen molar-refractivity contribution < 1.29 is 14.7 Å². The highest BCUT2D eigenvalue weighted by Gasteiger charge is 2.24. The van der Waals surface area contributed by atoms with Gasteiger partial charge in [-0.3, -0.25) is 0 Å². The zero-order valence-electron chi connectivity index (χ0n) is 10.6. The molecule has 0 aliphatic rings. The highest BCUT2D eigenvalue weighted by atomic mass is 35.5. The van der Waals surface area contributed by atoms with E-state index in [0.717, 1.165) is 0 Å². The smallest absolute Gasteiger partial charge is 0.331 e. The average Bonchev–Trinajstić information content (AvgIpc) is 2.96. The molecule has 0 saturated heterocycles. The number of H-pyrrole nitrogens is 1. The topological polar surface area (TPSA) is 133 Å². The SMILES string of the molecule is O=C(NCc1nn[nH]n1)N[C@@H](C(=O)O)c1ccccc1Cl. The number of rotatable bonds is 5. The van der Waals surface area contributed by atoms with E-state index < -0.39 is 18.0 Å². The Morgan fingerprint density at radius 2 is 2.14 bits per heavy atom. The van der Waals surface area contributed by atoms with Crippen LogP contribution in [0.25, 0.3) is 0 Å². The second kappa shape index (κ2) is 6.66. The number of tetrazole rings is 1. The number of aliphatic carboxylic acids is 1. The Hall–Kier alpha value is -2.68. The lowest BCUT2D eigenvalue weighted by Gasteiger charge is -2.16. The molecule has 0 radical (unpaired) electrons. The van der Waals surface area contributed by atoms with Gasteiger partial charge in [0.05, 0.1) is 6.54 Å². The molecular formula is C11H11ClN6O3. The van der Waals surface area contributed by atoms with Gasteiger partial charge in [0.1, 0.15) is 0 Å². The number of carbonyl (C=O) groups excluding carboxylic acids is 1. The van der Waals surface area contributed by atoms with Gasteiger partial charge in [-0.05, 0) is 6.07 Å². The van der Waals surface area contributed by atoms with Crippen molar-refractivity contribution in [3.63, 3.8) is 0 Å². The minimum Gasteiger partial charge on any atom is -0.479 e. The molecule has 0 saturated carbocycles. The van der Waals surface area contributed by atoms with Gasteiger partial charge in [0.15, 0.2) is 11.9 Å². The molecule has 1 heterocycles. The number of benzene rings is 1. The molecule has 0 unspecified atom stereocenters. The monoisotopic (exact) mass is 310 g/mol. The highest BCUT2D eigenvalue weighted by molar-refractivity contribution is 6.31. The summed E-state index contributed by atoms with van der Waals surface area (Å²) < 4.78 is 0. The van der Waals surface area contributed by atoms with Crippen molar-refractivity contribution in [1.82, 2.24) is 31.3 Å². The van der Waals surface area contributed by atoms with Gasteiger partial charge >= 0.3 is 12.0 Å². The number of amides is 2. The van der Waals surface area contributed by atoms with Crippen LogP contribution in [0, 0.1) is 0 Å². The fourth-order valence-corrected chi connectivity index (χ4v) is 1.83. The quantitative estimate of drug-likeness (QED) is 0.634. The second-order valence-electron chi connectivity index (χ2n) is 3.95. The van der Waals surface area contributed by atoms with E-state index in [0.29, 0.717) is 5.56 Å². The number of hydrogen-bond donors (Lipinski definition) is 4. The Bertz CT molecular complexity index is 633. The van der Waals surface area contributed by atoms with Crippen molar-refractivity contribution in [2.24, 2.45) is 0 Å². The summed E-state index contributed by atoms with van der Waals surface area (Å²) in [6.07, 6.45) is 0. The van der Waals surface area contributed by atoms with Crippen LogP contribution in [0.15, 0.2) is 24.3 Å². The normalized spacial score (nSPS) is 11.7. The number of nitrogens with one attached hydrogen (secondary N) is 3. The van der Waals surface area contributed by atoms with Gasteiger partial charge < -0.3 is 15.7 Å². The number of urea groups is 1. The summed E-state index contributed by atoms with van der Waals surface area (Å²) in [5, 5.41) is 27.1. The maximum atomic E-state index is 11.7. The average molecular weight is 311 g/mol. The molecule has 1 atom stereocenters. The van der Waals surface area contributed by atoms with Crippen LogP contribution in [-0.2, 0) is 11.3 Å². The molecule has 10 heteroatoms. The third kappa shape index (κ3) is 3.89. The van der Waals surface area contributed by atoms with E-state index in [1.54, 1.807) is 18.2 Å². The molecule has 110 valence electrons. The minimum absolute atomic E-state index is 0.0111. The number of hydrogen-bond acceptors (Lipinski definition) is 5. The Morgan fingerprint density at radius 3 is 2.76 bits per heavy atom. The Balaban J connectivity index is 2.01. The number of aromatic nitrogens is 4. The van der Waals surface area contributed by atoms with Gasteiger partial charge in [-0.25, -0.2) is 9.59 Å². The van der Waals surface area contributed by atoms with Crippen molar-refractivity contribution in [2.75, 3.05) is 0 Å². The predicted molar refractivity (Wildman–Crippen MR) is 71.4 cm³/mol. The van der Waals surface area contributed by atoms with Crippen molar-refractivity contribution in [3.05, 3.63) is 40.7 Å². The molecule has 1 aromatic carbocycles. The molecule has 0 bridgehead atoms. The molecule has 2 rings (SSSR count). The largest absolute Gasteiger partial charge is 0.479 e. The van der Waals surface area contributed by atoms with Gasteiger partial charge in [0.2, 0.25) is 0 Å². The van der Waals surface area contributed by atoms with Crippen LogP contribution >= 0.6 is 11.6 Å². The molecular weight excluding hydrogens is 300 g/mol. The first-order valence-corrected chi connectivity index (χ1v) is 6.19. The first-order valence-electron chi connectivity index (χ1n) is 5.82. The number of carboxylic acid groups (broad SMARTS) is 1. The lowest BCUT2D eigenvalue weighted by atomic mass is 10.1. The number of nitrogens with zero attached hydrogens (tertiary/aromatic N) is 3. The van der Waals surface area contributed by atoms with E-state index in [4.69, 9.17) is 11.6 Å². The summed E-state index contributed by atoms with van der Waals surface area (Å²) in [5.41, 5.74) is 0.293. The minimum atomic E-state index is -1.26. The Labute approximate surface area is 123 Å². The van der Waals surface area contributed by atoms with Gasteiger partial charge in [0.25, 0.3) is 0 Å². The van der Waals surface area contributed by atoms with Crippen LogP contribution in [0.1, 0.15) is 17.4 Å². The Morgan fingerprint density at radius 1 is 1.38 bits per heavy atom. The van der Waals surface area contributed by atoms with E-state index in [9.17, 15) is 14.7 Å². The Kier molecular flexibility index (Phi) is 4.67. The van der Waals surface area contributed by atoms with Crippen LogP contribution in [0.4, 0.5) is 4.79 Å². The van der Waals surface area contributed by atoms with Gasteiger partial charge in [0, 0.05) is 10.6 Å². The first kappa shape index (κ1) is 14.7. The summed E-state index contributed by atoms with van der Waals surface area (Å²) in [5.74, 6) is -0.951. The zero-order chi connectivity index (χ0) is 15.2. The molecule has 21 heavy (non-hydrogen) atoms. The first-order chi connectivity index (χ1) is 10.1. The summed E-state index contributed by atoms with van der Waals surface area (Å²) >= 11 is 5.94. The summed E-state index contributed by atoms with van der Waals surface area (Å²) in [7, 11) is 0. The number of halogens is 1. The molecule has 2 aromatic rings. The van der Waals surface area contributed by atoms with Crippen LogP contribution in [-0.4, -0.2) is 37.7 Å². The van der Waals surface area contributed by atoms with Crippen molar-refractivity contribution in [3.8, 4) is 0 Å². The molecule has 1 aromatic heterocycles. The lowest BCUT2D eigenvalue weighted by molar-refractivity contribution is -0.139. The van der Waals surface area contributed by atoms with Gasteiger partial charge in [-0.1, -0.05) is 35.0 Å². The number of carboxylic acids is 1. The zero-order valence-corrected chi connectivity index (χ0v) is 11.3. The van der Waals surface area contributed by atoms with Gasteiger partial charge in [-0.2, -0.15) is 5.21 Å². The van der Waals surface area contributed by atoms with Crippen LogP contribution in [0.5, 0.6) is 0 Å². The standard InChI is InChI=1S/C11H11ClN6O3/c12-7-4-2-1-3-6(7)9(10(19)20)14-11(21)13-5-8-15-17-18-16-8/h1-4,9H,5H2,(H,19,20)(H2,13,14,21)(H,15,16,17,18)/t9-/m1/s1. The lowest BCUT2D eigenvalue weighted by Crippen LogP contribution is -2.40. The fourth-order valence-electron chi connectivity index (χ4n) is 1.58. The molecule has 4 N–H and O–H groups in total. The summed E-state index contributed by atoms with van der Waals surface area (Å²) in [6.45, 7) is 0.0111. The molecule has 0 spiro atoms. The van der Waals surface area contributed by atoms with E-state index in [-0.39, 0.29) is 17.4 Å². The third-order valence-corrected chi connectivity index (χ3v) is 2.88. The second-order valence-corrected chi connectivity index (χ2v) is 4.36. The van der Waals surface area contributed by atoms with E-state index in [1.165, 1.54) is 6.07 Å². The van der Waals surface area contributed by atoms with E-state index in [1.807, 2.05) is 0 Å². The van der Waals surface area contributed by atoms with Crippen molar-refractivity contribution in [2.45, 2.75) is 12.6 Å². The molecule has 0 aliphatic carbocycles. The predicted octanol–water partition coefficient (Wildman–Crippen LogP) is 0.478. The molecule has 9 nitrogen and oxygen atoms in total. The van der Waals surface area contributed by atoms with Crippen LogP contribution in [0.3, 0.4) is 0 Å². The fraction of sp³-hybridized carbons (Fsp3) is 0.182. The maximum Gasteiger partial charge on any atom is 0.331 e. The third-order valence-electron chi connectivity index (χ3n) is 2.53. The summed E-state index contributed by atoms with van der Waals surface area (Å²) in [4.78, 5) is 23.0. The number of carbonyl (C=O) groups is 2. The molecule has 0 fully saturated rings. The van der Waals surface area contributed by atoms with Crippen LogP contribution < -0.4 is 10.6 Å².